The highest BCUT2D eigenvalue weighted by Gasteiger charge is 2.03. The Morgan fingerprint density at radius 2 is 1.50 bits per heavy atom. The number of fused-ring (bicyclic) bond motifs is 1. The molecule has 0 amide bonds. The summed E-state index contributed by atoms with van der Waals surface area (Å²) < 4.78 is 5.74. The minimum absolute atomic E-state index is 0.778. The van der Waals surface area contributed by atoms with Crippen molar-refractivity contribution in [3.05, 3.63) is 46.9 Å². The first-order valence-corrected chi connectivity index (χ1v) is 5.60. The zero-order valence-electron chi connectivity index (χ0n) is 8.22. The van der Waals surface area contributed by atoms with E-state index in [1.807, 2.05) is 30.3 Å². The molecule has 4 heteroatoms. The number of hydrogen-bond donors (Lipinski definition) is 0. The van der Waals surface area contributed by atoms with Crippen LogP contribution >= 0.6 is 15.9 Å². The highest BCUT2D eigenvalue weighted by molar-refractivity contribution is 9.10. The van der Waals surface area contributed by atoms with E-state index in [9.17, 15) is 0 Å². The van der Waals surface area contributed by atoms with Crippen LogP contribution in [0.25, 0.3) is 22.2 Å². The van der Waals surface area contributed by atoms with Crippen molar-refractivity contribution in [3.8, 4) is 11.1 Å². The van der Waals surface area contributed by atoms with Crippen LogP contribution < -0.4 is 0 Å². The summed E-state index contributed by atoms with van der Waals surface area (Å²) in [7, 11) is 0. The predicted molar refractivity (Wildman–Crippen MR) is 64.9 cm³/mol. The Hall–Kier alpha value is -1.68. The normalized spacial score (nSPS) is 10.8. The first-order valence-electron chi connectivity index (χ1n) is 4.81. The summed E-state index contributed by atoms with van der Waals surface area (Å²) in [4.78, 5) is 0. The molecule has 0 bridgehead atoms. The van der Waals surface area contributed by atoms with E-state index in [0.717, 1.165) is 26.6 Å². The molecule has 3 aromatic rings. The molecule has 0 radical (unpaired) electrons. The van der Waals surface area contributed by atoms with E-state index in [0.29, 0.717) is 0 Å². The monoisotopic (exact) mass is 274 g/mol. The number of hydrogen-bond acceptors (Lipinski definition) is 3. The zero-order chi connectivity index (χ0) is 11.0. The molecular weight excluding hydrogens is 268 g/mol. The fourth-order valence-electron chi connectivity index (χ4n) is 1.60. The number of halogens is 1. The largest absolute Gasteiger partial charge is 0.243 e. The maximum absolute atomic E-state index is 4.67. The Labute approximate surface area is 100 Å². The summed E-state index contributed by atoms with van der Waals surface area (Å²) in [5, 5.41) is 7.60. The number of aromatic nitrogens is 2. The van der Waals surface area contributed by atoms with E-state index in [1.165, 1.54) is 0 Å². The molecule has 16 heavy (non-hydrogen) atoms. The topological polar surface area (TPSA) is 38.9 Å². The molecule has 0 unspecified atom stereocenters. The standard InChI is InChI=1S/C12H7BrN2O/c13-10-4-1-8(2-5-10)9-3-6-11-12(7-9)15-16-14-11/h1-7H. The zero-order valence-corrected chi connectivity index (χ0v) is 9.81. The lowest BCUT2D eigenvalue weighted by atomic mass is 10.1. The van der Waals surface area contributed by atoms with Crippen LogP contribution in [0.4, 0.5) is 0 Å². The van der Waals surface area contributed by atoms with Crippen LogP contribution in [0, 0.1) is 0 Å². The van der Waals surface area contributed by atoms with E-state index in [-0.39, 0.29) is 0 Å². The van der Waals surface area contributed by atoms with Crippen LogP contribution in [0.5, 0.6) is 0 Å². The maximum atomic E-state index is 4.67. The van der Waals surface area contributed by atoms with Crippen LogP contribution in [-0.4, -0.2) is 10.3 Å². The van der Waals surface area contributed by atoms with Crippen molar-refractivity contribution in [2.45, 2.75) is 0 Å². The van der Waals surface area contributed by atoms with Gasteiger partial charge in [-0.2, -0.15) is 0 Å². The Morgan fingerprint density at radius 1 is 0.812 bits per heavy atom. The molecule has 0 aliphatic carbocycles. The minimum atomic E-state index is 0.778. The number of benzene rings is 2. The van der Waals surface area contributed by atoms with Crippen LogP contribution in [-0.2, 0) is 0 Å². The molecule has 3 nitrogen and oxygen atoms in total. The van der Waals surface area contributed by atoms with Crippen molar-refractivity contribution in [2.75, 3.05) is 0 Å². The second kappa shape index (κ2) is 3.72. The van der Waals surface area contributed by atoms with Gasteiger partial charge in [-0.3, -0.25) is 0 Å². The van der Waals surface area contributed by atoms with Gasteiger partial charge in [0.15, 0.2) is 0 Å². The van der Waals surface area contributed by atoms with Gasteiger partial charge >= 0.3 is 0 Å². The lowest BCUT2D eigenvalue weighted by Gasteiger charge is -2.00. The van der Waals surface area contributed by atoms with E-state index in [2.05, 4.69) is 43.0 Å². The molecule has 1 heterocycles. The first-order chi connectivity index (χ1) is 7.83. The quantitative estimate of drug-likeness (QED) is 0.680. The van der Waals surface area contributed by atoms with Crippen molar-refractivity contribution in [1.82, 2.24) is 10.3 Å². The second-order valence-electron chi connectivity index (χ2n) is 3.47. The Morgan fingerprint density at radius 3 is 2.31 bits per heavy atom. The van der Waals surface area contributed by atoms with Gasteiger partial charge in [0.1, 0.15) is 11.0 Å². The minimum Gasteiger partial charge on any atom is -0.243 e. The van der Waals surface area contributed by atoms with Crippen molar-refractivity contribution in [2.24, 2.45) is 0 Å². The molecule has 0 saturated carbocycles. The lowest BCUT2D eigenvalue weighted by molar-refractivity contribution is 0.315. The van der Waals surface area contributed by atoms with E-state index < -0.39 is 0 Å². The average molecular weight is 275 g/mol. The lowest BCUT2D eigenvalue weighted by Crippen LogP contribution is -1.78. The molecule has 3 rings (SSSR count). The van der Waals surface area contributed by atoms with Gasteiger partial charge in [0.25, 0.3) is 0 Å². The van der Waals surface area contributed by atoms with Crippen molar-refractivity contribution in [3.63, 3.8) is 0 Å². The third-order valence-electron chi connectivity index (χ3n) is 2.43. The molecule has 0 aliphatic rings. The maximum Gasteiger partial charge on any atom is 0.135 e. The molecule has 0 saturated heterocycles. The average Bonchev–Trinajstić information content (AvgIpc) is 2.77. The molecule has 0 N–H and O–H groups in total. The van der Waals surface area contributed by atoms with Gasteiger partial charge in [-0.1, -0.05) is 34.1 Å². The summed E-state index contributed by atoms with van der Waals surface area (Å²) in [5.41, 5.74) is 3.81. The van der Waals surface area contributed by atoms with E-state index in [1.54, 1.807) is 0 Å². The fourth-order valence-corrected chi connectivity index (χ4v) is 1.87. The summed E-state index contributed by atoms with van der Waals surface area (Å²) in [6, 6.07) is 14.0. The van der Waals surface area contributed by atoms with Gasteiger partial charge in [0.2, 0.25) is 0 Å². The van der Waals surface area contributed by atoms with Gasteiger partial charge in [-0.25, -0.2) is 4.63 Å². The van der Waals surface area contributed by atoms with Gasteiger partial charge < -0.3 is 0 Å². The molecule has 0 spiro atoms. The summed E-state index contributed by atoms with van der Waals surface area (Å²) in [6.07, 6.45) is 0. The highest BCUT2D eigenvalue weighted by Crippen LogP contribution is 2.24. The third kappa shape index (κ3) is 1.61. The summed E-state index contributed by atoms with van der Waals surface area (Å²) in [6.45, 7) is 0. The van der Waals surface area contributed by atoms with Crippen molar-refractivity contribution >= 4 is 27.0 Å². The molecular formula is C12H7BrN2O. The SMILES string of the molecule is Brc1ccc(-c2ccc3nonc3c2)cc1. The van der Waals surface area contributed by atoms with Gasteiger partial charge in [-0.05, 0) is 45.7 Å². The fraction of sp³-hybridized carbons (Fsp3) is 0. The molecule has 0 atom stereocenters. The van der Waals surface area contributed by atoms with Crippen LogP contribution in [0.1, 0.15) is 0 Å². The number of rotatable bonds is 1. The summed E-state index contributed by atoms with van der Waals surface area (Å²) >= 11 is 3.41. The molecule has 78 valence electrons. The predicted octanol–water partition coefficient (Wildman–Crippen LogP) is 3.65. The molecule has 1 aromatic heterocycles. The molecule has 2 aromatic carbocycles. The Kier molecular flexibility index (Phi) is 2.22. The number of nitrogens with zero attached hydrogens (tertiary/aromatic N) is 2. The molecule has 0 fully saturated rings. The highest BCUT2D eigenvalue weighted by atomic mass is 79.9. The van der Waals surface area contributed by atoms with Crippen LogP contribution in [0.15, 0.2) is 51.6 Å². The second-order valence-corrected chi connectivity index (χ2v) is 4.39. The van der Waals surface area contributed by atoms with Gasteiger partial charge in [0.05, 0.1) is 0 Å². The van der Waals surface area contributed by atoms with Crippen molar-refractivity contribution in [1.29, 1.82) is 0 Å². The summed E-state index contributed by atoms with van der Waals surface area (Å²) in [5.74, 6) is 0. The first kappa shape index (κ1) is 9.54. The Bertz CT molecular complexity index is 631. The Balaban J connectivity index is 2.14. The van der Waals surface area contributed by atoms with Crippen LogP contribution in [0.2, 0.25) is 0 Å². The van der Waals surface area contributed by atoms with Crippen molar-refractivity contribution < 1.29 is 4.63 Å². The van der Waals surface area contributed by atoms with E-state index in [4.69, 9.17) is 0 Å². The third-order valence-corrected chi connectivity index (χ3v) is 2.96. The van der Waals surface area contributed by atoms with E-state index >= 15 is 0 Å². The molecule has 0 aliphatic heterocycles. The van der Waals surface area contributed by atoms with Crippen LogP contribution in [0.3, 0.4) is 0 Å². The smallest absolute Gasteiger partial charge is 0.135 e. The van der Waals surface area contributed by atoms with Gasteiger partial charge in [-0.15, -0.1) is 0 Å². The van der Waals surface area contributed by atoms with Gasteiger partial charge in [0, 0.05) is 4.47 Å².